The molecule has 1 aromatic rings. The Morgan fingerprint density at radius 2 is 2.00 bits per heavy atom. The zero-order valence-electron chi connectivity index (χ0n) is 9.92. The molecule has 2 nitrogen and oxygen atoms in total. The van der Waals surface area contributed by atoms with Crippen LogP contribution in [0.25, 0.3) is 0 Å². The lowest BCUT2D eigenvalue weighted by molar-refractivity contribution is -0.140. The molecule has 0 N–H and O–H groups in total. The van der Waals surface area contributed by atoms with Crippen LogP contribution in [0.2, 0.25) is 0 Å². The second-order valence-corrected chi connectivity index (χ2v) is 5.21. The van der Waals surface area contributed by atoms with E-state index in [0.717, 1.165) is 11.0 Å². The van der Waals surface area contributed by atoms with Gasteiger partial charge in [0.2, 0.25) is 5.91 Å². The van der Waals surface area contributed by atoms with Crippen molar-refractivity contribution in [2.45, 2.75) is 11.6 Å². The van der Waals surface area contributed by atoms with Gasteiger partial charge < -0.3 is 4.90 Å². The van der Waals surface area contributed by atoms with Crippen molar-refractivity contribution in [1.82, 2.24) is 0 Å². The molecule has 8 heteroatoms. The van der Waals surface area contributed by atoms with E-state index in [2.05, 4.69) is 0 Å². The minimum Gasteiger partial charge on any atom is -0.311 e. The molecule has 2 rings (SSSR count). The van der Waals surface area contributed by atoms with Crippen molar-refractivity contribution < 1.29 is 22.4 Å². The Kier molecular flexibility index (Phi) is 4.16. The van der Waals surface area contributed by atoms with E-state index in [1.807, 2.05) is 0 Å². The maximum atomic E-state index is 13.2. The van der Waals surface area contributed by atoms with E-state index in [1.165, 1.54) is 0 Å². The van der Waals surface area contributed by atoms with Crippen molar-refractivity contribution in [1.29, 1.82) is 0 Å². The summed E-state index contributed by atoms with van der Waals surface area (Å²) in [7, 11) is 0. The summed E-state index contributed by atoms with van der Waals surface area (Å²) in [6, 6.07) is 2.40. The maximum Gasteiger partial charge on any atom is 0.419 e. The molecule has 1 aromatic carbocycles. The van der Waals surface area contributed by atoms with Gasteiger partial charge in [-0.3, -0.25) is 4.79 Å². The second kappa shape index (κ2) is 5.41. The number of rotatable bonds is 2. The van der Waals surface area contributed by atoms with Crippen LogP contribution in [0.4, 0.5) is 23.2 Å². The number of amides is 1. The van der Waals surface area contributed by atoms with Crippen molar-refractivity contribution in [3.63, 3.8) is 0 Å². The van der Waals surface area contributed by atoms with E-state index < -0.39 is 28.8 Å². The van der Waals surface area contributed by atoms with Crippen molar-refractivity contribution in [3.8, 4) is 0 Å². The Morgan fingerprint density at radius 3 is 2.50 bits per heavy atom. The fraction of sp³-hybridized carbons (Fsp3) is 0.417. The third-order valence-electron chi connectivity index (χ3n) is 3.10. The summed E-state index contributed by atoms with van der Waals surface area (Å²) in [5.74, 6) is -2.16. The van der Waals surface area contributed by atoms with Crippen LogP contribution in [0.1, 0.15) is 5.56 Å². The number of nitrogens with zero attached hydrogens (tertiary/aromatic N) is 1. The van der Waals surface area contributed by atoms with Gasteiger partial charge in [0, 0.05) is 24.0 Å². The number of carbonyl (C=O) groups is 1. The molecular formula is C12H9Cl2F4NO. The van der Waals surface area contributed by atoms with Crippen molar-refractivity contribution >= 4 is 34.8 Å². The van der Waals surface area contributed by atoms with Gasteiger partial charge in [0.15, 0.2) is 0 Å². The van der Waals surface area contributed by atoms with Gasteiger partial charge in [0.25, 0.3) is 0 Å². The molecule has 0 aliphatic carbocycles. The molecule has 0 saturated carbocycles. The summed E-state index contributed by atoms with van der Waals surface area (Å²) < 4.78 is 51.1. The smallest absolute Gasteiger partial charge is 0.311 e. The fourth-order valence-electron chi connectivity index (χ4n) is 2.03. The molecule has 0 aromatic heterocycles. The van der Waals surface area contributed by atoms with E-state index in [0.29, 0.717) is 12.1 Å². The number of alkyl halides is 5. The van der Waals surface area contributed by atoms with Crippen LogP contribution in [-0.4, -0.2) is 23.7 Å². The maximum absolute atomic E-state index is 13.2. The highest BCUT2D eigenvalue weighted by Gasteiger charge is 2.41. The molecule has 1 aliphatic heterocycles. The van der Waals surface area contributed by atoms with Crippen molar-refractivity contribution in [2.24, 2.45) is 5.92 Å². The zero-order valence-corrected chi connectivity index (χ0v) is 11.4. The quantitative estimate of drug-likeness (QED) is 0.599. The molecule has 20 heavy (non-hydrogen) atoms. The van der Waals surface area contributed by atoms with E-state index >= 15 is 0 Å². The number of hydrogen-bond donors (Lipinski definition) is 0. The third-order valence-corrected chi connectivity index (χ3v) is 4.04. The Morgan fingerprint density at radius 1 is 1.35 bits per heavy atom. The average molecular weight is 330 g/mol. The fourth-order valence-corrected chi connectivity index (χ4v) is 2.68. The first kappa shape index (κ1) is 15.4. The van der Waals surface area contributed by atoms with Crippen LogP contribution >= 0.6 is 23.2 Å². The first-order valence-electron chi connectivity index (χ1n) is 5.64. The molecule has 0 bridgehead atoms. The number of benzene rings is 1. The monoisotopic (exact) mass is 329 g/mol. The largest absolute Gasteiger partial charge is 0.419 e. The zero-order chi connectivity index (χ0) is 15.1. The molecule has 2 atom stereocenters. The lowest BCUT2D eigenvalue weighted by Gasteiger charge is -2.18. The van der Waals surface area contributed by atoms with Gasteiger partial charge in [-0.05, 0) is 18.2 Å². The van der Waals surface area contributed by atoms with Crippen LogP contribution in [0.3, 0.4) is 0 Å². The molecule has 0 radical (unpaired) electrons. The lowest BCUT2D eigenvalue weighted by Crippen LogP contribution is -2.27. The van der Waals surface area contributed by atoms with E-state index in [1.54, 1.807) is 0 Å². The molecular weight excluding hydrogens is 321 g/mol. The highest BCUT2D eigenvalue weighted by atomic mass is 35.5. The first-order chi connectivity index (χ1) is 9.25. The normalized spacial score (nSPS) is 23.5. The summed E-state index contributed by atoms with van der Waals surface area (Å²) >= 11 is 11.5. The molecule has 1 heterocycles. The van der Waals surface area contributed by atoms with Gasteiger partial charge >= 0.3 is 6.18 Å². The molecule has 110 valence electrons. The number of hydrogen-bond acceptors (Lipinski definition) is 1. The van der Waals surface area contributed by atoms with Crippen LogP contribution in [0.15, 0.2) is 18.2 Å². The summed E-state index contributed by atoms with van der Waals surface area (Å²) in [5, 5.41) is -0.883. The first-order valence-corrected chi connectivity index (χ1v) is 6.61. The molecule has 0 spiro atoms. The minimum absolute atomic E-state index is 0.0398. The summed E-state index contributed by atoms with van der Waals surface area (Å²) in [4.78, 5) is 13.0. The standard InChI is InChI=1S/C12H9Cl2F4NO/c13-4-6-5-19(11(20)10(6)14)7-1-2-9(15)8(3-7)12(16,17)18/h1-3,6,10H,4-5H2. The molecule has 1 amide bonds. The third kappa shape index (κ3) is 2.72. The Balaban J connectivity index is 2.38. The van der Waals surface area contributed by atoms with E-state index in [-0.39, 0.29) is 24.0 Å². The summed E-state index contributed by atoms with van der Waals surface area (Å²) in [6.07, 6.45) is -4.82. The summed E-state index contributed by atoms with van der Waals surface area (Å²) in [6.45, 7) is 0.111. The summed E-state index contributed by atoms with van der Waals surface area (Å²) in [5.41, 5.74) is -1.45. The molecule has 1 fully saturated rings. The van der Waals surface area contributed by atoms with E-state index in [4.69, 9.17) is 23.2 Å². The molecule has 2 unspecified atom stereocenters. The topological polar surface area (TPSA) is 20.3 Å². The SMILES string of the molecule is O=C1C(Cl)C(CCl)CN1c1ccc(F)c(C(F)(F)F)c1. The van der Waals surface area contributed by atoms with Crippen LogP contribution in [0, 0.1) is 11.7 Å². The van der Waals surface area contributed by atoms with Gasteiger partial charge in [-0.15, -0.1) is 23.2 Å². The molecule has 1 saturated heterocycles. The van der Waals surface area contributed by atoms with Gasteiger partial charge in [-0.2, -0.15) is 13.2 Å². The predicted octanol–water partition coefficient (Wildman–Crippen LogP) is 3.65. The van der Waals surface area contributed by atoms with Gasteiger partial charge in [0.05, 0.1) is 5.56 Å². The van der Waals surface area contributed by atoms with Gasteiger partial charge in [-0.25, -0.2) is 4.39 Å². The minimum atomic E-state index is -4.82. The second-order valence-electron chi connectivity index (χ2n) is 4.43. The highest BCUT2D eigenvalue weighted by Crippen LogP contribution is 2.36. The number of carbonyl (C=O) groups excluding carboxylic acids is 1. The highest BCUT2D eigenvalue weighted by molar-refractivity contribution is 6.34. The number of halogens is 6. The van der Waals surface area contributed by atoms with E-state index in [9.17, 15) is 22.4 Å². The van der Waals surface area contributed by atoms with Crippen molar-refractivity contribution in [3.05, 3.63) is 29.6 Å². The van der Waals surface area contributed by atoms with Crippen molar-refractivity contribution in [2.75, 3.05) is 17.3 Å². The lowest BCUT2D eigenvalue weighted by atomic mass is 10.1. The van der Waals surface area contributed by atoms with Gasteiger partial charge in [0.1, 0.15) is 11.2 Å². The van der Waals surface area contributed by atoms with Crippen LogP contribution in [0.5, 0.6) is 0 Å². The Labute approximate surface area is 122 Å². The van der Waals surface area contributed by atoms with Crippen LogP contribution < -0.4 is 4.90 Å². The predicted molar refractivity (Wildman–Crippen MR) is 67.6 cm³/mol. The Hall–Kier alpha value is -1.01. The number of anilines is 1. The Bertz CT molecular complexity index is 535. The average Bonchev–Trinajstić information content (AvgIpc) is 2.65. The van der Waals surface area contributed by atoms with Gasteiger partial charge in [-0.1, -0.05) is 0 Å². The van der Waals surface area contributed by atoms with Crippen LogP contribution in [-0.2, 0) is 11.0 Å². The molecule has 1 aliphatic rings.